The van der Waals surface area contributed by atoms with Crippen LogP contribution in [0.15, 0.2) is 34.2 Å². The Balaban J connectivity index is 0.00000207. The normalized spacial score (nSPS) is 18.9. The number of rotatable bonds is 10. The van der Waals surface area contributed by atoms with Crippen molar-refractivity contribution >= 4 is 85.5 Å². The zero-order chi connectivity index (χ0) is 31.6. The molecule has 5 rings (SSSR count). The van der Waals surface area contributed by atoms with Gasteiger partial charge in [-0.1, -0.05) is 53.3 Å². The smallest absolute Gasteiger partial charge is 0.344 e. The fourth-order valence-corrected chi connectivity index (χ4v) is 7.58. The number of amides is 2. The van der Waals surface area contributed by atoms with Crippen LogP contribution in [0, 0.1) is 0 Å². The van der Waals surface area contributed by atoms with Crippen LogP contribution in [0.3, 0.4) is 0 Å². The Morgan fingerprint density at radius 2 is 2.12 bits per heavy atom. The lowest BCUT2D eigenvalue weighted by atomic mass is 10.0. The van der Waals surface area contributed by atoms with Crippen molar-refractivity contribution < 1.29 is 38.8 Å². The monoisotopic (exact) mass is 670 g/mol. The van der Waals surface area contributed by atoms with E-state index in [1.165, 1.54) is 23.1 Å². The van der Waals surface area contributed by atoms with Gasteiger partial charge in [0.25, 0.3) is 17.6 Å². The fourth-order valence-electron chi connectivity index (χ4n) is 4.53. The molecule has 1 saturated heterocycles. The first kappa shape index (κ1) is 32.2. The maximum atomic E-state index is 13.2. The molecule has 0 radical (unpaired) electrons. The maximum Gasteiger partial charge on any atom is 0.344 e. The van der Waals surface area contributed by atoms with Crippen LogP contribution in [-0.4, -0.2) is 72.6 Å². The van der Waals surface area contributed by atoms with Crippen molar-refractivity contribution in [1.82, 2.24) is 19.6 Å². The fraction of sp³-hybridized carbons (Fsp3) is 0.375. The van der Waals surface area contributed by atoms with Gasteiger partial charge < -0.3 is 36.6 Å². The van der Waals surface area contributed by atoms with Crippen molar-refractivity contribution in [1.29, 1.82) is 0 Å². The predicted octanol–water partition coefficient (Wildman–Crippen LogP) is -0.0643. The molecule has 2 amide bonds. The number of thiazole rings is 2. The summed E-state index contributed by atoms with van der Waals surface area (Å²) in [5, 5.41) is 28.3. The highest BCUT2D eigenvalue weighted by atomic mass is 35.5. The van der Waals surface area contributed by atoms with Crippen molar-refractivity contribution in [3.05, 3.63) is 44.9 Å². The molecule has 2 aliphatic rings. The number of nitrogens with two attached hydrogens (primary N) is 2. The predicted molar refractivity (Wildman–Crippen MR) is 158 cm³/mol. The van der Waals surface area contributed by atoms with Gasteiger partial charge in [0.15, 0.2) is 10.8 Å². The topological polar surface area (TPSA) is 222 Å². The maximum absolute atomic E-state index is 13.2. The molecule has 0 unspecified atom stereocenters. The zero-order valence-corrected chi connectivity index (χ0v) is 26.2. The Morgan fingerprint density at radius 1 is 1.40 bits per heavy atom. The number of hydrogen-bond donors (Lipinski definition) is 4. The molecule has 2 aliphatic heterocycles. The minimum Gasteiger partial charge on any atom is -0.543 e. The molecular weight excluding hydrogens is 644 g/mol. The third kappa shape index (κ3) is 6.32. The van der Waals surface area contributed by atoms with Gasteiger partial charge in [-0.25, -0.2) is 14.3 Å². The quantitative estimate of drug-likeness (QED) is 0.0968. The van der Waals surface area contributed by atoms with Gasteiger partial charge in [0, 0.05) is 16.7 Å². The molecule has 3 aromatic rings. The van der Waals surface area contributed by atoms with Gasteiger partial charge in [-0.15, -0.1) is 11.8 Å². The number of halogens is 1. The number of carbonyl (C=O) groups is 4. The van der Waals surface area contributed by atoms with Gasteiger partial charge in [-0.2, -0.15) is 4.40 Å². The molecule has 43 heavy (non-hydrogen) atoms. The number of nitrogen functional groups attached to an aromatic ring is 1. The van der Waals surface area contributed by atoms with Gasteiger partial charge in [0.2, 0.25) is 11.4 Å². The lowest BCUT2D eigenvalue weighted by Crippen LogP contribution is -2.71. The standard InChI is InChI=1S/C22H21ClN8O7S3.C2H6/c1-8(24)18-29(5-10-30(18)2-3-39-10)4-9-7-40-20-14(19(35)31(20)15(9)21(36)37)26-17(34)13(28-38-6-11(32)33)12-16(23)41-22(25)27-12;1-2/h2-3,5,8,14,20H,4,6-7,24H2,1H3,(H4-,25,26,27,32,33,34,36,37);1-2H3/b28-13-;/t8-,14-,20-;/m1./s1. The lowest BCUT2D eigenvalue weighted by Gasteiger charge is -2.50. The summed E-state index contributed by atoms with van der Waals surface area (Å²) in [6.07, 6.45) is 3.74. The lowest BCUT2D eigenvalue weighted by molar-refractivity contribution is -0.696. The van der Waals surface area contributed by atoms with E-state index in [0.29, 0.717) is 5.57 Å². The van der Waals surface area contributed by atoms with Crippen LogP contribution in [0.4, 0.5) is 5.13 Å². The molecule has 0 spiro atoms. The van der Waals surface area contributed by atoms with E-state index in [-0.39, 0.29) is 39.2 Å². The average molecular weight is 671 g/mol. The van der Waals surface area contributed by atoms with E-state index in [2.05, 4.69) is 15.5 Å². The Hall–Kier alpha value is -3.71. The number of carboxylic acid groups (broad SMARTS) is 2. The number of carbonyl (C=O) groups excluding carboxylic acids is 3. The highest BCUT2D eigenvalue weighted by molar-refractivity contribution is 8.00. The van der Waals surface area contributed by atoms with Crippen molar-refractivity contribution in [2.75, 3.05) is 18.1 Å². The van der Waals surface area contributed by atoms with E-state index >= 15 is 0 Å². The van der Waals surface area contributed by atoms with E-state index in [0.717, 1.165) is 26.9 Å². The van der Waals surface area contributed by atoms with Crippen LogP contribution in [0.1, 0.15) is 38.3 Å². The third-order valence-corrected chi connectivity index (χ3v) is 9.35. The number of aromatic nitrogens is 3. The molecule has 3 atom stereocenters. The molecular formula is C24H27ClN8O7S3. The number of imidazole rings is 1. The molecule has 0 saturated carbocycles. The summed E-state index contributed by atoms with van der Waals surface area (Å²) >= 11 is 9.72. The van der Waals surface area contributed by atoms with E-state index in [1.807, 2.05) is 47.5 Å². The SMILES string of the molecule is CC.C[C@@H](N)c1n2ccsc2c[n+]1CC1=C(C(=O)[O-])N2C(=O)[C@@H](NC(=O)/C(=N\OCC(=O)O)c3nc(N)sc3Cl)[C@H]2SC1. The number of nitrogens with one attached hydrogen (secondary N) is 1. The number of hydrogen-bond acceptors (Lipinski definition) is 13. The Kier molecular flexibility index (Phi) is 9.96. The molecule has 0 aromatic carbocycles. The van der Waals surface area contributed by atoms with Crippen molar-refractivity contribution in [3.63, 3.8) is 0 Å². The summed E-state index contributed by atoms with van der Waals surface area (Å²) in [6.45, 7) is 5.13. The van der Waals surface area contributed by atoms with Crippen molar-refractivity contribution in [2.45, 2.75) is 44.8 Å². The number of nitrogens with zero attached hydrogens (tertiary/aromatic N) is 5. The zero-order valence-electron chi connectivity index (χ0n) is 23.0. The molecule has 15 nitrogen and oxygen atoms in total. The van der Waals surface area contributed by atoms with Crippen LogP contribution in [0.2, 0.25) is 4.34 Å². The first-order valence-corrected chi connectivity index (χ1v) is 15.9. The van der Waals surface area contributed by atoms with Crippen LogP contribution < -0.4 is 26.5 Å². The number of aliphatic carboxylic acids is 2. The summed E-state index contributed by atoms with van der Waals surface area (Å²) < 4.78 is 3.77. The second-order valence-electron chi connectivity index (χ2n) is 8.90. The minimum absolute atomic E-state index is 0.00930. The molecule has 230 valence electrons. The second kappa shape index (κ2) is 13.3. The van der Waals surface area contributed by atoms with Crippen LogP contribution in [0.5, 0.6) is 0 Å². The van der Waals surface area contributed by atoms with Crippen molar-refractivity contribution in [2.24, 2.45) is 10.9 Å². The van der Waals surface area contributed by atoms with E-state index < -0.39 is 47.5 Å². The van der Waals surface area contributed by atoms with Crippen LogP contribution in [0.25, 0.3) is 4.83 Å². The summed E-state index contributed by atoms with van der Waals surface area (Å²) in [6, 6.07) is -1.49. The minimum atomic E-state index is -1.53. The van der Waals surface area contributed by atoms with E-state index in [4.69, 9.17) is 33.0 Å². The highest BCUT2D eigenvalue weighted by Crippen LogP contribution is 2.40. The van der Waals surface area contributed by atoms with E-state index in [9.17, 15) is 24.3 Å². The average Bonchev–Trinajstić information content (AvgIpc) is 3.63. The molecule has 1 fully saturated rings. The molecule has 19 heteroatoms. The number of fused-ring (bicyclic) bond motifs is 2. The van der Waals surface area contributed by atoms with Gasteiger partial charge in [0.05, 0.1) is 11.7 Å². The number of anilines is 1. The Morgan fingerprint density at radius 3 is 2.72 bits per heavy atom. The Labute approximate surface area is 261 Å². The second-order valence-corrected chi connectivity index (χ2v) is 12.6. The summed E-state index contributed by atoms with van der Waals surface area (Å²) in [4.78, 5) is 60.1. The molecule has 0 aliphatic carbocycles. The van der Waals surface area contributed by atoms with Crippen LogP contribution >= 0.6 is 46.0 Å². The molecule has 6 N–H and O–H groups in total. The van der Waals surface area contributed by atoms with Gasteiger partial charge in [-0.3, -0.25) is 14.5 Å². The van der Waals surface area contributed by atoms with Crippen molar-refractivity contribution in [3.8, 4) is 0 Å². The summed E-state index contributed by atoms with van der Waals surface area (Å²) in [5.74, 6) is -3.51. The summed E-state index contributed by atoms with van der Waals surface area (Å²) in [7, 11) is 0. The number of thioether (sulfide) groups is 1. The van der Waals surface area contributed by atoms with Gasteiger partial charge >= 0.3 is 5.97 Å². The largest absolute Gasteiger partial charge is 0.543 e. The summed E-state index contributed by atoms with van der Waals surface area (Å²) in [5.41, 5.74) is 11.4. The molecule has 5 heterocycles. The number of carboxylic acids is 2. The number of β-lactam (4-membered cyclic amide) rings is 1. The Bertz CT molecular complexity index is 1650. The first-order valence-electron chi connectivity index (χ1n) is 12.7. The van der Waals surface area contributed by atoms with Gasteiger partial charge in [0.1, 0.15) is 46.4 Å². The number of oxime groups is 1. The third-order valence-electron chi connectivity index (χ3n) is 6.12. The molecule has 3 aromatic heterocycles. The van der Waals surface area contributed by atoms with E-state index in [1.54, 1.807) is 0 Å². The molecule has 0 bridgehead atoms. The first-order chi connectivity index (χ1) is 20.5. The van der Waals surface area contributed by atoms with Gasteiger partial charge in [-0.05, 0) is 6.92 Å². The highest BCUT2D eigenvalue weighted by Gasteiger charge is 2.53. The van der Waals surface area contributed by atoms with Crippen LogP contribution in [-0.2, 0) is 30.6 Å².